The number of benzene rings is 1. The van der Waals surface area contributed by atoms with Gasteiger partial charge >= 0.3 is 0 Å². The van der Waals surface area contributed by atoms with Gasteiger partial charge in [0.05, 0.1) is 13.2 Å². The fraction of sp³-hybridized carbons (Fsp3) is 0.647. The molecule has 0 heterocycles. The first-order valence-electron chi connectivity index (χ1n) is 7.63. The van der Waals surface area contributed by atoms with E-state index in [4.69, 9.17) is 9.47 Å². The highest BCUT2D eigenvalue weighted by Crippen LogP contribution is 2.29. The predicted octanol–water partition coefficient (Wildman–Crippen LogP) is 2.74. The van der Waals surface area contributed by atoms with Gasteiger partial charge in [-0.25, -0.2) is 0 Å². The lowest BCUT2D eigenvalue weighted by molar-refractivity contribution is 0.109. The van der Waals surface area contributed by atoms with E-state index in [-0.39, 0.29) is 0 Å². The molecular weight excluding hydrogens is 250 g/mol. The Morgan fingerprint density at radius 2 is 2.00 bits per heavy atom. The van der Waals surface area contributed by atoms with E-state index < -0.39 is 0 Å². The first-order chi connectivity index (χ1) is 9.79. The second-order valence-electron chi connectivity index (χ2n) is 5.79. The van der Waals surface area contributed by atoms with Crippen molar-refractivity contribution in [1.82, 2.24) is 5.32 Å². The summed E-state index contributed by atoms with van der Waals surface area (Å²) in [6.45, 7) is 6.45. The molecule has 20 heavy (non-hydrogen) atoms. The summed E-state index contributed by atoms with van der Waals surface area (Å²) in [5.41, 5.74) is 2.66. The smallest absolute Gasteiger partial charge is 0.0587 e. The van der Waals surface area contributed by atoms with Gasteiger partial charge in [-0.1, -0.05) is 29.8 Å². The molecule has 0 bridgehead atoms. The number of ether oxygens (including phenoxy) is 2. The molecule has 2 rings (SSSR count). The van der Waals surface area contributed by atoms with E-state index in [2.05, 4.69) is 36.5 Å². The van der Waals surface area contributed by atoms with Crippen molar-refractivity contribution in [3.8, 4) is 0 Å². The van der Waals surface area contributed by atoms with Gasteiger partial charge in [-0.15, -0.1) is 0 Å². The monoisotopic (exact) mass is 277 g/mol. The van der Waals surface area contributed by atoms with Gasteiger partial charge in [0.2, 0.25) is 0 Å². The van der Waals surface area contributed by atoms with Crippen molar-refractivity contribution in [2.45, 2.75) is 25.7 Å². The third-order valence-electron chi connectivity index (χ3n) is 3.79. The fourth-order valence-electron chi connectivity index (χ4n) is 2.22. The highest BCUT2D eigenvalue weighted by molar-refractivity contribution is 5.24. The largest absolute Gasteiger partial charge is 0.383 e. The maximum Gasteiger partial charge on any atom is 0.0587 e. The predicted molar refractivity (Wildman–Crippen MR) is 82.2 cm³/mol. The molecule has 1 aliphatic carbocycles. The quantitative estimate of drug-likeness (QED) is 0.667. The Balaban J connectivity index is 1.82. The van der Waals surface area contributed by atoms with Crippen molar-refractivity contribution in [3.63, 3.8) is 0 Å². The van der Waals surface area contributed by atoms with Gasteiger partial charge in [0.25, 0.3) is 0 Å². The standard InChI is InChI=1S/C17H27NO2/c1-14-3-7-16(8-4-14)17(11-18-9-10-19-2)13-20-12-15-5-6-15/h3-4,7-8,15,17-18H,5-6,9-13H2,1-2H3. The van der Waals surface area contributed by atoms with Crippen molar-refractivity contribution < 1.29 is 9.47 Å². The Hall–Kier alpha value is -0.900. The third kappa shape index (κ3) is 5.61. The lowest BCUT2D eigenvalue weighted by atomic mass is 9.99. The molecule has 1 fully saturated rings. The number of methoxy groups -OCH3 is 1. The molecule has 0 aromatic heterocycles. The highest BCUT2D eigenvalue weighted by Gasteiger charge is 2.22. The van der Waals surface area contributed by atoms with Gasteiger partial charge in [0.1, 0.15) is 0 Å². The van der Waals surface area contributed by atoms with Gasteiger partial charge in [-0.05, 0) is 31.2 Å². The van der Waals surface area contributed by atoms with Crippen molar-refractivity contribution in [2.75, 3.05) is 40.0 Å². The van der Waals surface area contributed by atoms with Gasteiger partial charge in [-0.3, -0.25) is 0 Å². The minimum Gasteiger partial charge on any atom is -0.383 e. The van der Waals surface area contributed by atoms with Crippen LogP contribution in [-0.4, -0.2) is 40.0 Å². The summed E-state index contributed by atoms with van der Waals surface area (Å²) in [6, 6.07) is 8.80. The molecule has 1 aliphatic rings. The van der Waals surface area contributed by atoms with E-state index in [0.717, 1.165) is 38.8 Å². The van der Waals surface area contributed by atoms with Crippen molar-refractivity contribution >= 4 is 0 Å². The van der Waals surface area contributed by atoms with Crippen LogP contribution in [-0.2, 0) is 9.47 Å². The molecule has 112 valence electrons. The van der Waals surface area contributed by atoms with Crippen molar-refractivity contribution in [2.24, 2.45) is 5.92 Å². The van der Waals surface area contributed by atoms with E-state index in [0.29, 0.717) is 5.92 Å². The Labute approximate surface area is 122 Å². The molecule has 0 aliphatic heterocycles. The van der Waals surface area contributed by atoms with Crippen LogP contribution in [0.25, 0.3) is 0 Å². The molecule has 0 saturated heterocycles. The Kier molecular flexibility index (Phi) is 6.51. The molecule has 1 aromatic rings. The second kappa shape index (κ2) is 8.40. The van der Waals surface area contributed by atoms with E-state index in [9.17, 15) is 0 Å². The molecule has 0 amide bonds. The van der Waals surface area contributed by atoms with Gasteiger partial charge < -0.3 is 14.8 Å². The van der Waals surface area contributed by atoms with E-state index in [1.165, 1.54) is 24.0 Å². The molecule has 1 atom stereocenters. The number of rotatable bonds is 10. The highest BCUT2D eigenvalue weighted by atomic mass is 16.5. The molecule has 0 radical (unpaired) electrons. The number of aryl methyl sites for hydroxylation is 1. The Bertz CT molecular complexity index is 373. The average Bonchev–Trinajstić information content (AvgIpc) is 3.27. The molecule has 1 N–H and O–H groups in total. The van der Waals surface area contributed by atoms with Crippen LogP contribution in [0.3, 0.4) is 0 Å². The van der Waals surface area contributed by atoms with Crippen LogP contribution in [0, 0.1) is 12.8 Å². The first-order valence-corrected chi connectivity index (χ1v) is 7.63. The maximum atomic E-state index is 5.89. The molecule has 0 spiro atoms. The Morgan fingerprint density at radius 3 is 2.65 bits per heavy atom. The van der Waals surface area contributed by atoms with E-state index >= 15 is 0 Å². The molecule has 1 saturated carbocycles. The molecule has 3 heteroatoms. The lowest BCUT2D eigenvalue weighted by Gasteiger charge is -2.18. The van der Waals surface area contributed by atoms with Crippen molar-refractivity contribution in [1.29, 1.82) is 0 Å². The van der Waals surface area contributed by atoms with Crippen LogP contribution in [0.15, 0.2) is 24.3 Å². The maximum absolute atomic E-state index is 5.89. The van der Waals surface area contributed by atoms with Crippen LogP contribution in [0.1, 0.15) is 29.9 Å². The molecular formula is C17H27NO2. The molecule has 3 nitrogen and oxygen atoms in total. The summed E-state index contributed by atoms with van der Waals surface area (Å²) in [5.74, 6) is 1.25. The normalized spacial score (nSPS) is 16.3. The van der Waals surface area contributed by atoms with Gasteiger partial charge in [0.15, 0.2) is 0 Å². The summed E-state index contributed by atoms with van der Waals surface area (Å²) in [6.07, 6.45) is 2.70. The number of hydrogen-bond donors (Lipinski definition) is 1. The minimum absolute atomic E-state index is 0.422. The summed E-state index contributed by atoms with van der Waals surface area (Å²) < 4.78 is 11.0. The summed E-state index contributed by atoms with van der Waals surface area (Å²) in [4.78, 5) is 0. The summed E-state index contributed by atoms with van der Waals surface area (Å²) in [5, 5.41) is 3.45. The van der Waals surface area contributed by atoms with Crippen LogP contribution in [0.5, 0.6) is 0 Å². The third-order valence-corrected chi connectivity index (χ3v) is 3.79. The van der Waals surface area contributed by atoms with Gasteiger partial charge in [-0.2, -0.15) is 0 Å². The van der Waals surface area contributed by atoms with Crippen LogP contribution in [0.4, 0.5) is 0 Å². The zero-order valence-corrected chi connectivity index (χ0v) is 12.7. The van der Waals surface area contributed by atoms with Crippen molar-refractivity contribution in [3.05, 3.63) is 35.4 Å². The van der Waals surface area contributed by atoms with Gasteiger partial charge in [0, 0.05) is 32.7 Å². The summed E-state index contributed by atoms with van der Waals surface area (Å²) >= 11 is 0. The number of hydrogen-bond acceptors (Lipinski definition) is 3. The molecule has 1 unspecified atom stereocenters. The fourth-order valence-corrected chi connectivity index (χ4v) is 2.22. The average molecular weight is 277 g/mol. The van der Waals surface area contributed by atoms with E-state index in [1.54, 1.807) is 7.11 Å². The SMILES string of the molecule is COCCNCC(COCC1CC1)c1ccc(C)cc1. The van der Waals surface area contributed by atoms with Crippen LogP contribution < -0.4 is 5.32 Å². The Morgan fingerprint density at radius 1 is 1.25 bits per heavy atom. The number of nitrogens with one attached hydrogen (secondary N) is 1. The topological polar surface area (TPSA) is 30.5 Å². The lowest BCUT2D eigenvalue weighted by Crippen LogP contribution is -2.27. The minimum atomic E-state index is 0.422. The second-order valence-corrected chi connectivity index (χ2v) is 5.79. The zero-order chi connectivity index (χ0) is 14.2. The van der Waals surface area contributed by atoms with Crippen LogP contribution >= 0.6 is 0 Å². The molecule has 1 aromatic carbocycles. The zero-order valence-electron chi connectivity index (χ0n) is 12.7. The van der Waals surface area contributed by atoms with E-state index in [1.807, 2.05) is 0 Å². The van der Waals surface area contributed by atoms with Crippen LogP contribution in [0.2, 0.25) is 0 Å². The first kappa shape index (κ1) is 15.5. The summed E-state index contributed by atoms with van der Waals surface area (Å²) in [7, 11) is 1.73.